The van der Waals surface area contributed by atoms with Crippen LogP contribution in [0, 0.1) is 30.6 Å². The van der Waals surface area contributed by atoms with E-state index < -0.39 is 10.2 Å². The second-order valence-corrected chi connectivity index (χ2v) is 6.51. The molecule has 2 aromatic carbocycles. The van der Waals surface area contributed by atoms with E-state index in [9.17, 15) is 10.2 Å². The topological polar surface area (TPSA) is 227 Å². The zero-order chi connectivity index (χ0) is 27.6. The first-order valence-electron chi connectivity index (χ1n) is 10.6. The van der Waals surface area contributed by atoms with Crippen LogP contribution in [-0.2, 0) is 33.0 Å². The summed E-state index contributed by atoms with van der Waals surface area (Å²) in [5, 5.41) is 58.1. The van der Waals surface area contributed by atoms with Gasteiger partial charge in [-0.2, -0.15) is 0 Å². The number of nitrogens with one attached hydrogen (secondary N) is 2. The Kier molecular flexibility index (Phi) is 32.9. The van der Waals surface area contributed by atoms with Crippen LogP contribution in [0.3, 0.4) is 0 Å². The minimum atomic E-state index is -1.75. The van der Waals surface area contributed by atoms with Crippen molar-refractivity contribution < 1.29 is 53.4 Å². The summed E-state index contributed by atoms with van der Waals surface area (Å²) in [4.78, 5) is 24.8. The third-order valence-electron chi connectivity index (χ3n) is 3.73. The second-order valence-electron chi connectivity index (χ2n) is 6.51. The third kappa shape index (κ3) is 30.7. The summed E-state index contributed by atoms with van der Waals surface area (Å²) < 4.78 is 0. The van der Waals surface area contributed by atoms with Gasteiger partial charge in [-0.3, -0.25) is 9.98 Å². The molecule has 0 saturated heterocycles. The molecule has 2 rings (SSSR count). The van der Waals surface area contributed by atoms with Crippen molar-refractivity contribution in [1.29, 1.82) is 0 Å². The monoisotopic (exact) mass is 622 g/mol. The van der Waals surface area contributed by atoms with E-state index >= 15 is 0 Å². The number of para-hydroxylation sites is 2. The quantitative estimate of drug-likeness (QED) is 0.126. The molecule has 0 bridgehead atoms. The SMILES string of the molecule is CNCCCN=Cc1ccccc1[O-].CNCCCN=Cc1ccccc1[O-].O=[N+]([O-])[O-].O=[N+]([O-])[O-].[Ni+3].[Ni+3]. The number of aliphatic imine (C=N–C) groups is 2. The maximum atomic E-state index is 11.2. The fourth-order valence-corrected chi connectivity index (χ4v) is 2.19. The Bertz CT molecular complexity index is 841. The van der Waals surface area contributed by atoms with E-state index in [-0.39, 0.29) is 44.5 Å². The molecule has 14 nitrogen and oxygen atoms in total. The van der Waals surface area contributed by atoms with Crippen molar-refractivity contribution in [2.45, 2.75) is 12.8 Å². The van der Waals surface area contributed by atoms with Crippen molar-refractivity contribution in [1.82, 2.24) is 10.6 Å². The van der Waals surface area contributed by atoms with E-state index in [2.05, 4.69) is 20.6 Å². The molecule has 38 heavy (non-hydrogen) atoms. The summed E-state index contributed by atoms with van der Waals surface area (Å²) in [6, 6.07) is 13.8. The Hall–Kier alpha value is -3.31. The van der Waals surface area contributed by atoms with Crippen molar-refractivity contribution in [3.05, 3.63) is 90.3 Å². The summed E-state index contributed by atoms with van der Waals surface area (Å²) in [6.07, 6.45) is 5.29. The average Bonchev–Trinajstić information content (AvgIpc) is 2.81. The third-order valence-corrected chi connectivity index (χ3v) is 3.73. The van der Waals surface area contributed by atoms with Gasteiger partial charge in [0.15, 0.2) is 0 Å². The molecule has 0 aliphatic rings. The molecule has 0 aliphatic heterocycles. The van der Waals surface area contributed by atoms with Gasteiger partial charge in [0.1, 0.15) is 0 Å². The van der Waals surface area contributed by atoms with E-state index in [0.717, 1.165) is 39.0 Å². The smallest absolute Gasteiger partial charge is 0.872 e. The molecule has 2 aromatic rings. The molecule has 0 atom stereocenters. The average molecular weight is 624 g/mol. The van der Waals surface area contributed by atoms with E-state index in [1.807, 2.05) is 26.2 Å². The minimum absolute atomic E-state index is 0. The Balaban J connectivity index is -0.000000228. The number of benzene rings is 2. The second kappa shape index (κ2) is 29.9. The number of nitrogens with zero attached hydrogens (tertiary/aromatic N) is 4. The summed E-state index contributed by atoms with van der Waals surface area (Å²) >= 11 is 0. The van der Waals surface area contributed by atoms with Crippen LogP contribution in [-0.4, -0.2) is 62.9 Å². The number of hydrogen-bond donors (Lipinski definition) is 2. The Morgan fingerprint density at radius 1 is 0.684 bits per heavy atom. The Morgan fingerprint density at radius 2 is 0.974 bits per heavy atom. The van der Waals surface area contributed by atoms with Crippen molar-refractivity contribution in [3.8, 4) is 11.5 Å². The first kappa shape index (κ1) is 41.8. The Morgan fingerprint density at radius 3 is 1.24 bits per heavy atom. The fraction of sp³-hybridized carbons (Fsp3) is 0.364. The van der Waals surface area contributed by atoms with E-state index in [0.29, 0.717) is 11.1 Å². The predicted molar refractivity (Wildman–Crippen MR) is 135 cm³/mol. The summed E-state index contributed by atoms with van der Waals surface area (Å²) in [7, 11) is 3.83. The zero-order valence-corrected chi connectivity index (χ0v) is 22.7. The van der Waals surface area contributed by atoms with Crippen molar-refractivity contribution in [3.63, 3.8) is 0 Å². The van der Waals surface area contributed by atoms with Crippen LogP contribution in [0.1, 0.15) is 24.0 Å². The minimum Gasteiger partial charge on any atom is -0.872 e. The molecule has 0 heterocycles. The molecule has 0 spiro atoms. The molecule has 0 saturated carbocycles. The first-order chi connectivity index (χ1) is 17.1. The summed E-state index contributed by atoms with van der Waals surface area (Å²) in [5.74, 6) is 0.0646. The van der Waals surface area contributed by atoms with Crippen LogP contribution >= 0.6 is 0 Å². The van der Waals surface area contributed by atoms with Gasteiger partial charge in [-0.05, 0) is 51.2 Å². The van der Waals surface area contributed by atoms with Gasteiger partial charge < -0.3 is 51.5 Å². The van der Waals surface area contributed by atoms with Gasteiger partial charge in [-0.1, -0.05) is 48.5 Å². The van der Waals surface area contributed by atoms with Crippen molar-refractivity contribution in [2.24, 2.45) is 9.98 Å². The van der Waals surface area contributed by atoms with Crippen molar-refractivity contribution in [2.75, 3.05) is 40.3 Å². The molecule has 16 heteroatoms. The van der Waals surface area contributed by atoms with Crippen LogP contribution < -0.4 is 20.8 Å². The predicted octanol–water partition coefficient (Wildman–Crippen LogP) is 1.09. The normalized spacial score (nSPS) is 9.32. The van der Waals surface area contributed by atoms with E-state index in [4.69, 9.17) is 30.6 Å². The van der Waals surface area contributed by atoms with Gasteiger partial charge in [-0.25, -0.2) is 0 Å². The molecule has 0 aliphatic carbocycles. The van der Waals surface area contributed by atoms with Gasteiger partial charge in [0.05, 0.1) is 10.2 Å². The Labute approximate surface area is 241 Å². The van der Waals surface area contributed by atoms with Crippen LogP contribution in [0.25, 0.3) is 0 Å². The van der Waals surface area contributed by atoms with Crippen molar-refractivity contribution >= 4 is 12.4 Å². The standard InChI is InChI=1S/2C11H16N2O.2NO3.2Ni/c2*1-12-7-4-8-13-9-10-5-2-3-6-11(10)14;2*2-1(3)4;;/h2*2-3,5-6,9,12,14H,4,7-8H2,1H3;;;;/q;;2*-1;2*+3/p-2. The molecule has 0 fully saturated rings. The zero-order valence-electron chi connectivity index (χ0n) is 20.7. The molecular formula is C22H30N6Ni2O8+2. The fourth-order valence-electron chi connectivity index (χ4n) is 2.19. The molecule has 0 amide bonds. The summed E-state index contributed by atoms with van der Waals surface area (Å²) in [6.45, 7) is 3.43. The first-order valence-corrected chi connectivity index (χ1v) is 10.6. The molecule has 214 valence electrons. The van der Waals surface area contributed by atoms with E-state index in [1.165, 1.54) is 0 Å². The largest absolute Gasteiger partial charge is 3.00 e. The van der Waals surface area contributed by atoms with Crippen LogP contribution in [0.2, 0.25) is 0 Å². The maximum absolute atomic E-state index is 11.2. The van der Waals surface area contributed by atoms with Crippen LogP contribution in [0.4, 0.5) is 0 Å². The van der Waals surface area contributed by atoms with Gasteiger partial charge in [0.2, 0.25) is 0 Å². The van der Waals surface area contributed by atoms with E-state index in [1.54, 1.807) is 48.8 Å². The van der Waals surface area contributed by atoms with Gasteiger partial charge in [0.25, 0.3) is 0 Å². The van der Waals surface area contributed by atoms with Crippen LogP contribution in [0.5, 0.6) is 11.5 Å². The maximum Gasteiger partial charge on any atom is 3.00 e. The molecule has 2 N–H and O–H groups in total. The van der Waals surface area contributed by atoms with Gasteiger partial charge >= 0.3 is 33.0 Å². The molecular weight excluding hydrogens is 594 g/mol. The van der Waals surface area contributed by atoms with Gasteiger partial charge in [-0.15, -0.1) is 11.5 Å². The molecule has 0 unspecified atom stereocenters. The molecule has 0 aromatic heterocycles. The number of rotatable bonds is 10. The number of hydrogen-bond acceptors (Lipinski definition) is 12. The van der Waals surface area contributed by atoms with Gasteiger partial charge in [0, 0.05) is 25.5 Å². The summed E-state index contributed by atoms with van der Waals surface area (Å²) in [5.41, 5.74) is 1.33. The molecule has 2 radical (unpaired) electrons. The van der Waals surface area contributed by atoms with Crippen LogP contribution in [0.15, 0.2) is 58.5 Å².